The predicted molar refractivity (Wildman–Crippen MR) is 73.7 cm³/mol. The molecule has 1 aliphatic carbocycles. The summed E-state index contributed by atoms with van der Waals surface area (Å²) >= 11 is 4.39. The number of thiol groups is 1. The summed E-state index contributed by atoms with van der Waals surface area (Å²) in [6.07, 6.45) is 9.34. The van der Waals surface area contributed by atoms with Crippen molar-refractivity contribution in [3.63, 3.8) is 0 Å². The molecule has 1 saturated carbocycles. The van der Waals surface area contributed by atoms with E-state index in [1.165, 1.54) is 19.3 Å². The number of carbonyl (C=O) groups excluding carboxylic acids is 1. The first kappa shape index (κ1) is 13.3. The van der Waals surface area contributed by atoms with Crippen molar-refractivity contribution >= 4 is 18.7 Å². The van der Waals surface area contributed by atoms with Gasteiger partial charge in [-0.15, -0.1) is 0 Å². The zero-order valence-electron chi connectivity index (χ0n) is 10.4. The van der Waals surface area contributed by atoms with Crippen LogP contribution in [0.2, 0.25) is 0 Å². The molecule has 1 aromatic heterocycles. The number of imidazole rings is 1. The Morgan fingerprint density at radius 3 is 2.94 bits per heavy atom. The molecule has 3 N–H and O–H groups in total. The lowest BCUT2D eigenvalue weighted by atomic mass is 9.96. The van der Waals surface area contributed by atoms with Crippen molar-refractivity contribution in [2.45, 2.75) is 43.4 Å². The normalized spacial score (nSPS) is 18.3. The van der Waals surface area contributed by atoms with Gasteiger partial charge < -0.3 is 15.6 Å². The Morgan fingerprint density at radius 2 is 2.28 bits per heavy atom. The monoisotopic (exact) mass is 268 g/mol. The maximum absolute atomic E-state index is 11.7. The topological polar surface area (TPSA) is 69.8 Å². The summed E-state index contributed by atoms with van der Waals surface area (Å²) in [7, 11) is 0. The van der Waals surface area contributed by atoms with Crippen LogP contribution >= 0.6 is 12.6 Å². The largest absolute Gasteiger partial charge is 0.348 e. The maximum Gasteiger partial charge on any atom is 0.315 e. The number of amides is 2. The van der Waals surface area contributed by atoms with Crippen LogP contribution < -0.4 is 10.6 Å². The van der Waals surface area contributed by atoms with Crippen LogP contribution in [-0.2, 0) is 0 Å². The van der Waals surface area contributed by atoms with Gasteiger partial charge in [0.2, 0.25) is 0 Å². The third-order valence-electron chi connectivity index (χ3n) is 3.23. The Balaban J connectivity index is 1.68. The average molecular weight is 268 g/mol. The van der Waals surface area contributed by atoms with Gasteiger partial charge in [-0.25, -0.2) is 9.78 Å². The molecule has 1 unspecified atom stereocenters. The molecule has 2 amide bonds. The quantitative estimate of drug-likeness (QED) is 0.631. The molecule has 1 aromatic rings. The molecule has 0 bridgehead atoms. The Hall–Kier alpha value is -1.17. The molecule has 5 nitrogen and oxygen atoms in total. The fourth-order valence-corrected chi connectivity index (χ4v) is 2.46. The van der Waals surface area contributed by atoms with E-state index in [0.717, 1.165) is 18.7 Å². The first-order chi connectivity index (χ1) is 8.75. The summed E-state index contributed by atoms with van der Waals surface area (Å²) in [6, 6.07) is 0.230. The molecule has 0 radical (unpaired) electrons. The SMILES string of the molecule is O=C(NCC(S)c1ncc[nH]1)NC1CCCCC1. The molecule has 6 heteroatoms. The van der Waals surface area contributed by atoms with E-state index < -0.39 is 0 Å². The molecule has 2 rings (SSSR count). The number of aromatic nitrogens is 2. The van der Waals surface area contributed by atoms with Gasteiger partial charge in [0.25, 0.3) is 0 Å². The number of aromatic amines is 1. The lowest BCUT2D eigenvalue weighted by Crippen LogP contribution is -2.43. The summed E-state index contributed by atoms with van der Waals surface area (Å²) in [5.74, 6) is 0.774. The van der Waals surface area contributed by atoms with E-state index in [9.17, 15) is 4.79 Å². The summed E-state index contributed by atoms with van der Waals surface area (Å²) in [6.45, 7) is 0.467. The third-order valence-corrected chi connectivity index (χ3v) is 3.66. The second kappa shape index (κ2) is 6.68. The number of hydrogen-bond acceptors (Lipinski definition) is 3. The summed E-state index contributed by atoms with van der Waals surface area (Å²) in [4.78, 5) is 18.8. The zero-order chi connectivity index (χ0) is 12.8. The van der Waals surface area contributed by atoms with Crippen molar-refractivity contribution in [3.05, 3.63) is 18.2 Å². The van der Waals surface area contributed by atoms with Gasteiger partial charge >= 0.3 is 6.03 Å². The molecule has 0 aliphatic heterocycles. The summed E-state index contributed by atoms with van der Waals surface area (Å²) < 4.78 is 0. The minimum atomic E-state index is -0.104. The second-order valence-corrected chi connectivity index (χ2v) is 5.30. The summed E-state index contributed by atoms with van der Waals surface area (Å²) in [5.41, 5.74) is 0. The van der Waals surface area contributed by atoms with Crippen LogP contribution in [0.4, 0.5) is 4.79 Å². The molecular formula is C12H20N4OS. The van der Waals surface area contributed by atoms with Gasteiger partial charge in [0.05, 0.1) is 5.25 Å². The van der Waals surface area contributed by atoms with Crippen LogP contribution in [-0.4, -0.2) is 28.6 Å². The number of urea groups is 1. The lowest BCUT2D eigenvalue weighted by Gasteiger charge is -2.23. The summed E-state index contributed by atoms with van der Waals surface area (Å²) in [5, 5.41) is 5.74. The Kier molecular flexibility index (Phi) is 4.92. The average Bonchev–Trinajstić information content (AvgIpc) is 2.91. The smallest absolute Gasteiger partial charge is 0.315 e. The molecule has 18 heavy (non-hydrogen) atoms. The van der Waals surface area contributed by atoms with Gasteiger partial charge in [-0.05, 0) is 12.8 Å². The molecule has 0 aromatic carbocycles. The maximum atomic E-state index is 11.7. The van der Waals surface area contributed by atoms with E-state index in [-0.39, 0.29) is 11.3 Å². The van der Waals surface area contributed by atoms with Gasteiger partial charge in [-0.1, -0.05) is 19.3 Å². The highest BCUT2D eigenvalue weighted by atomic mass is 32.1. The fraction of sp³-hybridized carbons (Fsp3) is 0.667. The molecule has 1 fully saturated rings. The van der Waals surface area contributed by atoms with Crippen LogP contribution in [0.15, 0.2) is 12.4 Å². The van der Waals surface area contributed by atoms with Crippen LogP contribution in [0.3, 0.4) is 0 Å². The van der Waals surface area contributed by atoms with Crippen molar-refractivity contribution in [1.29, 1.82) is 0 Å². The Bertz CT molecular complexity index is 362. The van der Waals surface area contributed by atoms with E-state index in [1.807, 2.05) is 0 Å². The first-order valence-corrected chi connectivity index (χ1v) is 6.99. The van der Waals surface area contributed by atoms with Gasteiger partial charge in [-0.3, -0.25) is 0 Å². The minimum Gasteiger partial charge on any atom is -0.348 e. The molecule has 1 aliphatic rings. The van der Waals surface area contributed by atoms with Crippen LogP contribution in [0.1, 0.15) is 43.2 Å². The van der Waals surface area contributed by atoms with Crippen molar-refractivity contribution in [3.8, 4) is 0 Å². The number of H-pyrrole nitrogens is 1. The number of nitrogens with one attached hydrogen (secondary N) is 3. The molecule has 1 heterocycles. The first-order valence-electron chi connectivity index (χ1n) is 6.47. The van der Waals surface area contributed by atoms with Gasteiger partial charge in [-0.2, -0.15) is 12.6 Å². The highest BCUT2D eigenvalue weighted by Gasteiger charge is 2.16. The van der Waals surface area contributed by atoms with Crippen molar-refractivity contribution in [2.75, 3.05) is 6.54 Å². The highest BCUT2D eigenvalue weighted by molar-refractivity contribution is 7.80. The van der Waals surface area contributed by atoms with Crippen molar-refractivity contribution in [2.24, 2.45) is 0 Å². The molecular weight excluding hydrogens is 248 g/mol. The molecule has 0 saturated heterocycles. The standard InChI is InChI=1S/C12H20N4OS/c17-12(16-9-4-2-1-3-5-9)15-8-10(18)11-13-6-7-14-11/h6-7,9-10,18H,1-5,8H2,(H,13,14)(H2,15,16,17). The second-order valence-electron chi connectivity index (χ2n) is 4.68. The van der Waals surface area contributed by atoms with Crippen LogP contribution in [0.5, 0.6) is 0 Å². The van der Waals surface area contributed by atoms with Crippen LogP contribution in [0, 0.1) is 0 Å². The highest BCUT2D eigenvalue weighted by Crippen LogP contribution is 2.17. The van der Waals surface area contributed by atoms with Gasteiger partial charge in [0, 0.05) is 25.0 Å². The number of rotatable bonds is 4. The van der Waals surface area contributed by atoms with E-state index in [1.54, 1.807) is 12.4 Å². The van der Waals surface area contributed by atoms with Gasteiger partial charge in [0.1, 0.15) is 5.82 Å². The van der Waals surface area contributed by atoms with Crippen molar-refractivity contribution in [1.82, 2.24) is 20.6 Å². The number of nitrogens with zero attached hydrogens (tertiary/aromatic N) is 1. The van der Waals surface area contributed by atoms with E-state index in [2.05, 4.69) is 33.2 Å². The van der Waals surface area contributed by atoms with Crippen LogP contribution in [0.25, 0.3) is 0 Å². The number of carbonyl (C=O) groups is 1. The zero-order valence-corrected chi connectivity index (χ0v) is 11.2. The molecule has 0 spiro atoms. The minimum absolute atomic E-state index is 0.0999. The predicted octanol–water partition coefficient (Wildman–Crippen LogP) is 2.01. The van der Waals surface area contributed by atoms with E-state index >= 15 is 0 Å². The molecule has 100 valence electrons. The number of hydrogen-bond donors (Lipinski definition) is 4. The lowest BCUT2D eigenvalue weighted by molar-refractivity contribution is 0.232. The van der Waals surface area contributed by atoms with E-state index in [0.29, 0.717) is 12.6 Å². The fourth-order valence-electron chi connectivity index (χ4n) is 2.23. The van der Waals surface area contributed by atoms with Gasteiger partial charge in [0.15, 0.2) is 0 Å². The third kappa shape index (κ3) is 3.94. The Morgan fingerprint density at radius 1 is 1.50 bits per heavy atom. The Labute approximate surface area is 113 Å². The van der Waals surface area contributed by atoms with E-state index in [4.69, 9.17) is 0 Å². The molecule has 1 atom stereocenters. The van der Waals surface area contributed by atoms with Crippen molar-refractivity contribution < 1.29 is 4.79 Å².